The fraction of sp³-hybridized carbons (Fsp3) is 0.667. The Balaban J connectivity index is 1.84. The largest absolute Gasteiger partial charge is 0.389 e. The first-order chi connectivity index (χ1) is 9.39. The van der Waals surface area contributed by atoms with Gasteiger partial charge in [0.15, 0.2) is 9.84 Å². The second-order valence-corrected chi connectivity index (χ2v) is 8.85. The minimum absolute atomic E-state index is 0.357. The molecule has 1 aromatic rings. The van der Waals surface area contributed by atoms with Crippen LogP contribution in [0.5, 0.6) is 0 Å². The van der Waals surface area contributed by atoms with Gasteiger partial charge in [-0.15, -0.1) is 0 Å². The van der Waals surface area contributed by atoms with Crippen molar-refractivity contribution in [2.45, 2.75) is 61.5 Å². The number of hydrogen-bond acceptors (Lipinski definition) is 4. The van der Waals surface area contributed by atoms with E-state index in [2.05, 4.69) is 4.98 Å². The molecule has 2 fully saturated rings. The lowest BCUT2D eigenvalue weighted by Crippen LogP contribution is -2.52. The number of hydrogen-bond donors (Lipinski definition) is 1. The predicted molar refractivity (Wildman–Crippen MR) is 77.2 cm³/mol. The van der Waals surface area contributed by atoms with E-state index in [0.29, 0.717) is 32.1 Å². The Morgan fingerprint density at radius 2 is 1.95 bits per heavy atom. The van der Waals surface area contributed by atoms with Crippen molar-refractivity contribution in [3.63, 3.8) is 0 Å². The Bertz CT molecular complexity index is 591. The fourth-order valence-electron chi connectivity index (χ4n) is 3.72. The molecule has 4 nitrogen and oxygen atoms in total. The van der Waals surface area contributed by atoms with Crippen molar-refractivity contribution in [2.75, 3.05) is 0 Å². The third kappa shape index (κ3) is 2.49. The van der Waals surface area contributed by atoms with E-state index in [1.54, 1.807) is 0 Å². The third-order valence-corrected chi connectivity index (χ3v) is 7.32. The molecule has 2 aliphatic rings. The van der Waals surface area contributed by atoms with Crippen LogP contribution in [0.2, 0.25) is 0 Å². The molecule has 2 unspecified atom stereocenters. The van der Waals surface area contributed by atoms with Crippen molar-refractivity contribution in [1.82, 2.24) is 4.98 Å². The van der Waals surface area contributed by atoms with Crippen LogP contribution in [0.4, 0.5) is 0 Å². The highest BCUT2D eigenvalue weighted by Gasteiger charge is 2.50. The van der Waals surface area contributed by atoms with Gasteiger partial charge in [0, 0.05) is 17.8 Å². The maximum absolute atomic E-state index is 12.3. The molecule has 0 spiro atoms. The molecule has 2 bridgehead atoms. The molecule has 110 valence electrons. The van der Waals surface area contributed by atoms with Crippen LogP contribution >= 0.6 is 0 Å². The van der Waals surface area contributed by atoms with E-state index < -0.39 is 15.4 Å². The molecule has 1 aromatic heterocycles. The third-order valence-electron chi connectivity index (χ3n) is 4.65. The molecular weight excluding hydrogens is 274 g/mol. The number of nitrogens with zero attached hydrogens (tertiary/aromatic N) is 1. The van der Waals surface area contributed by atoms with E-state index in [1.165, 1.54) is 0 Å². The first kappa shape index (κ1) is 14.0. The quantitative estimate of drug-likeness (QED) is 0.903. The lowest BCUT2D eigenvalue weighted by molar-refractivity contribution is 0.00905. The summed E-state index contributed by atoms with van der Waals surface area (Å²) in [6.45, 7) is 1.92. The summed E-state index contributed by atoms with van der Waals surface area (Å²) in [6.07, 6.45) is 3.54. The van der Waals surface area contributed by atoms with E-state index in [-0.39, 0.29) is 10.5 Å². The van der Waals surface area contributed by atoms with Gasteiger partial charge in [0.25, 0.3) is 0 Å². The average Bonchev–Trinajstić information content (AvgIpc) is 2.31. The van der Waals surface area contributed by atoms with Gasteiger partial charge in [0.1, 0.15) is 0 Å². The molecule has 0 aromatic carbocycles. The molecule has 2 saturated heterocycles. The molecule has 0 saturated carbocycles. The zero-order valence-corrected chi connectivity index (χ0v) is 12.6. The second-order valence-electron chi connectivity index (χ2n) is 6.34. The van der Waals surface area contributed by atoms with Gasteiger partial charge in [-0.3, -0.25) is 4.98 Å². The number of pyridine rings is 1. The molecule has 3 rings (SSSR count). The maximum atomic E-state index is 12.3. The number of rotatable bonds is 2. The number of aryl methyl sites for hydroxylation is 1. The molecule has 0 amide bonds. The highest BCUT2D eigenvalue weighted by molar-refractivity contribution is 7.92. The van der Waals surface area contributed by atoms with Gasteiger partial charge in [-0.25, -0.2) is 8.42 Å². The summed E-state index contributed by atoms with van der Waals surface area (Å²) in [4.78, 5) is 4.43. The van der Waals surface area contributed by atoms with Crippen LogP contribution in [0.15, 0.2) is 18.2 Å². The van der Waals surface area contributed by atoms with E-state index in [1.807, 2.05) is 25.1 Å². The van der Waals surface area contributed by atoms with E-state index in [4.69, 9.17) is 0 Å². The zero-order valence-electron chi connectivity index (χ0n) is 11.7. The zero-order chi connectivity index (χ0) is 14.4. The first-order valence-electron chi connectivity index (χ1n) is 7.27. The summed E-state index contributed by atoms with van der Waals surface area (Å²) >= 11 is 0. The SMILES string of the molecule is Cc1cccc(CC2(O)CC3CCCC(C2)S3(=O)=O)n1. The Morgan fingerprint density at radius 3 is 2.55 bits per heavy atom. The normalized spacial score (nSPS) is 35.7. The van der Waals surface area contributed by atoms with Gasteiger partial charge in [-0.2, -0.15) is 0 Å². The monoisotopic (exact) mass is 295 g/mol. The van der Waals surface area contributed by atoms with Crippen molar-refractivity contribution >= 4 is 9.84 Å². The van der Waals surface area contributed by atoms with Crippen LogP contribution in [0, 0.1) is 6.92 Å². The van der Waals surface area contributed by atoms with Gasteiger partial charge in [0.05, 0.1) is 16.1 Å². The summed E-state index contributed by atoms with van der Waals surface area (Å²) in [7, 11) is -3.02. The lowest BCUT2D eigenvalue weighted by Gasteiger charge is -2.43. The van der Waals surface area contributed by atoms with Crippen molar-refractivity contribution in [1.29, 1.82) is 0 Å². The average molecular weight is 295 g/mol. The van der Waals surface area contributed by atoms with Crippen LogP contribution in [0.3, 0.4) is 0 Å². The van der Waals surface area contributed by atoms with E-state index in [9.17, 15) is 13.5 Å². The maximum Gasteiger partial charge on any atom is 0.156 e. The van der Waals surface area contributed by atoms with Crippen LogP contribution < -0.4 is 0 Å². The van der Waals surface area contributed by atoms with Gasteiger partial charge >= 0.3 is 0 Å². The molecule has 2 aliphatic heterocycles. The summed E-state index contributed by atoms with van der Waals surface area (Å²) < 4.78 is 24.5. The van der Waals surface area contributed by atoms with Crippen LogP contribution in [0.1, 0.15) is 43.5 Å². The summed E-state index contributed by atoms with van der Waals surface area (Å²) in [5.41, 5.74) is 0.863. The van der Waals surface area contributed by atoms with Crippen LogP contribution in [-0.4, -0.2) is 34.6 Å². The Morgan fingerprint density at radius 1 is 1.30 bits per heavy atom. The standard InChI is InChI=1S/C15H21NO3S/c1-11-4-2-5-12(16-11)8-15(17)9-13-6-3-7-14(10-15)20(13,18)19/h2,4-5,13-14,17H,3,6-10H2,1H3. The predicted octanol–water partition coefficient (Wildman–Crippen LogP) is 1.79. The van der Waals surface area contributed by atoms with Crippen molar-refractivity contribution in [3.8, 4) is 0 Å². The van der Waals surface area contributed by atoms with Crippen molar-refractivity contribution in [3.05, 3.63) is 29.6 Å². The lowest BCUT2D eigenvalue weighted by atomic mass is 9.82. The Kier molecular flexibility index (Phi) is 3.37. The number of aliphatic hydroxyl groups is 1. The van der Waals surface area contributed by atoms with Crippen LogP contribution in [-0.2, 0) is 16.3 Å². The number of sulfone groups is 1. The highest BCUT2D eigenvalue weighted by Crippen LogP contribution is 2.42. The van der Waals surface area contributed by atoms with Gasteiger partial charge in [0.2, 0.25) is 0 Å². The molecule has 0 aliphatic carbocycles. The minimum Gasteiger partial charge on any atom is -0.389 e. The summed E-state index contributed by atoms with van der Waals surface area (Å²) in [5, 5.41) is 10.1. The van der Waals surface area contributed by atoms with Crippen molar-refractivity contribution in [2.24, 2.45) is 0 Å². The second kappa shape index (κ2) is 4.81. The van der Waals surface area contributed by atoms with Crippen molar-refractivity contribution < 1.29 is 13.5 Å². The molecular formula is C15H21NO3S. The molecule has 1 N–H and O–H groups in total. The summed E-state index contributed by atoms with van der Waals surface area (Å²) in [5.74, 6) is 0. The summed E-state index contributed by atoms with van der Waals surface area (Å²) in [6, 6.07) is 5.76. The van der Waals surface area contributed by atoms with Gasteiger partial charge in [-0.1, -0.05) is 12.5 Å². The molecule has 20 heavy (non-hydrogen) atoms. The Hall–Kier alpha value is -0.940. The van der Waals surface area contributed by atoms with Gasteiger partial charge in [-0.05, 0) is 44.7 Å². The fourth-order valence-corrected chi connectivity index (χ4v) is 6.34. The smallest absolute Gasteiger partial charge is 0.156 e. The molecule has 5 heteroatoms. The minimum atomic E-state index is -3.02. The van der Waals surface area contributed by atoms with E-state index >= 15 is 0 Å². The topological polar surface area (TPSA) is 67.3 Å². The first-order valence-corrected chi connectivity index (χ1v) is 8.88. The van der Waals surface area contributed by atoms with Gasteiger partial charge < -0.3 is 5.11 Å². The number of aromatic nitrogens is 1. The van der Waals surface area contributed by atoms with E-state index in [0.717, 1.165) is 17.8 Å². The Labute approximate surface area is 120 Å². The molecule has 2 atom stereocenters. The molecule has 0 radical (unpaired) electrons. The number of fused-ring (bicyclic) bond motifs is 2. The molecule has 3 heterocycles. The van der Waals surface area contributed by atoms with Crippen LogP contribution in [0.25, 0.3) is 0 Å². The highest BCUT2D eigenvalue weighted by atomic mass is 32.2.